The number of hydrogen-bond acceptors (Lipinski definition) is 4. The van der Waals surface area contributed by atoms with E-state index in [0.29, 0.717) is 0 Å². The number of allylic oxidation sites excluding steroid dienone is 1. The fourth-order valence-electron chi connectivity index (χ4n) is 1.90. The zero-order chi connectivity index (χ0) is 21.1. The number of benzene rings is 2. The van der Waals surface area contributed by atoms with Gasteiger partial charge in [0.15, 0.2) is 23.1 Å². The summed E-state index contributed by atoms with van der Waals surface area (Å²) >= 11 is 11.7. The molecule has 0 radical (unpaired) electrons. The van der Waals surface area contributed by atoms with Gasteiger partial charge < -0.3 is 10.1 Å². The first-order valence-electron chi connectivity index (χ1n) is 7.07. The molecule has 0 spiro atoms. The van der Waals surface area contributed by atoms with Crippen molar-refractivity contribution in [3.8, 4) is 23.6 Å². The number of nitrogens with zero attached hydrogens (tertiary/aromatic N) is 2. The monoisotopic (exact) mass is 433 g/mol. The van der Waals surface area contributed by atoms with Gasteiger partial charge in [0.05, 0.1) is 21.3 Å². The van der Waals surface area contributed by atoms with Crippen LogP contribution in [0.2, 0.25) is 10.0 Å². The Morgan fingerprint density at radius 3 is 2.04 bits per heavy atom. The molecule has 28 heavy (non-hydrogen) atoms. The summed E-state index contributed by atoms with van der Waals surface area (Å²) in [6, 6.07) is 5.50. The molecule has 0 aliphatic heterocycles. The lowest BCUT2D eigenvalue weighted by atomic mass is 10.2. The summed E-state index contributed by atoms with van der Waals surface area (Å²) in [4.78, 5) is 0. The fraction of sp³-hybridized carbons (Fsp3) is 0.0588. The molecule has 2 rings (SSSR count). The summed E-state index contributed by atoms with van der Waals surface area (Å²) in [5, 5.41) is 19.8. The van der Waals surface area contributed by atoms with Crippen molar-refractivity contribution >= 4 is 28.9 Å². The molecule has 0 aromatic heterocycles. The minimum Gasteiger partial charge on any atom is -0.449 e. The third-order valence-electron chi connectivity index (χ3n) is 3.17. The van der Waals surface area contributed by atoms with E-state index >= 15 is 0 Å². The molecule has 0 saturated carbocycles. The second-order valence-electron chi connectivity index (χ2n) is 5.06. The predicted octanol–water partition coefficient (Wildman–Crippen LogP) is 6.43. The van der Waals surface area contributed by atoms with Crippen LogP contribution in [0.4, 0.5) is 27.6 Å². The normalized spacial score (nSPS) is 10.6. The van der Waals surface area contributed by atoms with Crippen LogP contribution in [0.25, 0.3) is 0 Å². The maximum absolute atomic E-state index is 14.0. The highest BCUT2D eigenvalue weighted by atomic mass is 35.5. The maximum Gasteiger partial charge on any atom is 0.416 e. The highest BCUT2D eigenvalue weighted by Crippen LogP contribution is 2.40. The van der Waals surface area contributed by atoms with Gasteiger partial charge in [0.2, 0.25) is 0 Å². The molecule has 1 N–H and O–H groups in total. The Labute approximate surface area is 165 Å². The van der Waals surface area contributed by atoms with Crippen LogP contribution in [0.5, 0.6) is 11.5 Å². The molecule has 0 unspecified atom stereocenters. The summed E-state index contributed by atoms with van der Waals surface area (Å²) in [7, 11) is 0. The number of nitriles is 2. The second-order valence-corrected chi connectivity index (χ2v) is 5.87. The quantitative estimate of drug-likeness (QED) is 0.445. The van der Waals surface area contributed by atoms with Crippen molar-refractivity contribution in [2.45, 2.75) is 6.18 Å². The van der Waals surface area contributed by atoms with Crippen molar-refractivity contribution in [1.82, 2.24) is 0 Å². The molecule has 0 fully saturated rings. The average Bonchev–Trinajstić information content (AvgIpc) is 2.61. The van der Waals surface area contributed by atoms with E-state index in [-0.39, 0.29) is 39.2 Å². The predicted molar refractivity (Wildman–Crippen MR) is 90.8 cm³/mol. The Bertz CT molecular complexity index is 1000. The van der Waals surface area contributed by atoms with Crippen LogP contribution in [-0.2, 0) is 6.18 Å². The van der Waals surface area contributed by atoms with Gasteiger partial charge in [-0.2, -0.15) is 23.7 Å². The molecule has 0 bridgehead atoms. The van der Waals surface area contributed by atoms with E-state index in [4.69, 9.17) is 38.5 Å². The molecule has 4 nitrogen and oxygen atoms in total. The third-order valence-corrected chi connectivity index (χ3v) is 3.90. The highest BCUT2D eigenvalue weighted by molar-refractivity contribution is 6.42. The lowest BCUT2D eigenvalue weighted by Crippen LogP contribution is -2.07. The van der Waals surface area contributed by atoms with E-state index in [2.05, 4.69) is 5.32 Å². The molecule has 0 heterocycles. The van der Waals surface area contributed by atoms with Gasteiger partial charge in [-0.1, -0.05) is 23.2 Å². The van der Waals surface area contributed by atoms with Crippen LogP contribution in [-0.4, -0.2) is 0 Å². The Morgan fingerprint density at radius 1 is 1.00 bits per heavy atom. The molecular formula is C17H6Cl2F5N3O. The summed E-state index contributed by atoms with van der Waals surface area (Å²) in [5.41, 5.74) is -1.93. The van der Waals surface area contributed by atoms with Gasteiger partial charge in [0.1, 0.15) is 17.7 Å². The first-order valence-corrected chi connectivity index (χ1v) is 7.82. The molecule has 0 atom stereocenters. The van der Waals surface area contributed by atoms with Gasteiger partial charge in [-0.15, -0.1) is 0 Å². The molecule has 0 aliphatic carbocycles. The molecule has 0 saturated heterocycles. The van der Waals surface area contributed by atoms with Crippen molar-refractivity contribution in [3.05, 3.63) is 63.3 Å². The second kappa shape index (κ2) is 8.34. The SMILES string of the molecule is N#CC(C#N)=CNc1cc(Cl)c(Cl)cc1Oc1c(F)cc(C(F)(F)F)cc1F. The standard InChI is InChI=1S/C17H6Cl2F5N3O/c18-10-3-14(27-7-8(5-25)6-26)15(4-11(10)19)28-16-12(20)1-9(2-13(16)21)17(22,23)24/h1-4,7,27H. The number of alkyl halides is 3. The average molecular weight is 434 g/mol. The van der Waals surface area contributed by atoms with E-state index in [1.807, 2.05) is 0 Å². The minimum atomic E-state index is -4.95. The van der Waals surface area contributed by atoms with Crippen LogP contribution >= 0.6 is 23.2 Å². The molecule has 2 aromatic carbocycles. The van der Waals surface area contributed by atoms with Crippen LogP contribution < -0.4 is 10.1 Å². The van der Waals surface area contributed by atoms with E-state index in [9.17, 15) is 22.0 Å². The zero-order valence-electron chi connectivity index (χ0n) is 13.3. The van der Waals surface area contributed by atoms with Crippen molar-refractivity contribution in [2.24, 2.45) is 0 Å². The van der Waals surface area contributed by atoms with Crippen LogP contribution in [0.15, 0.2) is 36.0 Å². The van der Waals surface area contributed by atoms with E-state index < -0.39 is 29.1 Å². The van der Waals surface area contributed by atoms with Crippen molar-refractivity contribution in [3.63, 3.8) is 0 Å². The van der Waals surface area contributed by atoms with E-state index in [1.54, 1.807) is 12.1 Å². The number of nitrogens with one attached hydrogen (secondary N) is 1. The van der Waals surface area contributed by atoms with Crippen LogP contribution in [0, 0.1) is 34.3 Å². The minimum absolute atomic E-state index is 0.00579. The topological polar surface area (TPSA) is 68.8 Å². The summed E-state index contributed by atoms with van der Waals surface area (Å²) in [6.07, 6.45) is -3.99. The number of ether oxygens (including phenoxy) is 1. The van der Waals surface area contributed by atoms with Gasteiger partial charge in [-0.3, -0.25) is 0 Å². The molecule has 144 valence electrons. The van der Waals surface area contributed by atoms with Gasteiger partial charge in [0.25, 0.3) is 0 Å². The smallest absolute Gasteiger partial charge is 0.416 e. The largest absolute Gasteiger partial charge is 0.449 e. The lowest BCUT2D eigenvalue weighted by Gasteiger charge is -2.15. The maximum atomic E-state index is 14.0. The Hall–Kier alpha value is -3.01. The van der Waals surface area contributed by atoms with Crippen LogP contribution in [0.3, 0.4) is 0 Å². The third kappa shape index (κ3) is 4.83. The Balaban J connectivity index is 2.49. The van der Waals surface area contributed by atoms with Crippen molar-refractivity contribution < 1.29 is 26.7 Å². The first-order chi connectivity index (χ1) is 13.1. The van der Waals surface area contributed by atoms with Gasteiger partial charge in [-0.25, -0.2) is 8.78 Å². The summed E-state index contributed by atoms with van der Waals surface area (Å²) < 4.78 is 71.0. The number of hydrogen-bond donors (Lipinski definition) is 1. The number of rotatable bonds is 4. The molecule has 2 aromatic rings. The molecule has 0 aliphatic rings. The summed E-state index contributed by atoms with van der Waals surface area (Å²) in [5.74, 6) is -4.64. The van der Waals surface area contributed by atoms with E-state index in [1.165, 1.54) is 6.07 Å². The molecular weight excluding hydrogens is 428 g/mol. The van der Waals surface area contributed by atoms with Gasteiger partial charge in [-0.05, 0) is 18.2 Å². The lowest BCUT2D eigenvalue weighted by molar-refractivity contribution is -0.138. The first kappa shape index (κ1) is 21.3. The Morgan fingerprint density at radius 2 is 1.54 bits per heavy atom. The number of halogens is 7. The molecule has 11 heteroatoms. The van der Waals surface area contributed by atoms with Crippen LogP contribution in [0.1, 0.15) is 5.56 Å². The zero-order valence-corrected chi connectivity index (χ0v) is 14.8. The highest BCUT2D eigenvalue weighted by Gasteiger charge is 2.33. The van der Waals surface area contributed by atoms with E-state index in [0.717, 1.165) is 12.3 Å². The van der Waals surface area contributed by atoms with Crippen molar-refractivity contribution in [2.75, 3.05) is 5.32 Å². The fourth-order valence-corrected chi connectivity index (χ4v) is 2.21. The van der Waals surface area contributed by atoms with Gasteiger partial charge >= 0.3 is 6.18 Å². The van der Waals surface area contributed by atoms with Gasteiger partial charge in [0, 0.05) is 12.3 Å². The van der Waals surface area contributed by atoms with Crippen molar-refractivity contribution in [1.29, 1.82) is 10.5 Å². The number of anilines is 1. The molecule has 0 amide bonds. The summed E-state index contributed by atoms with van der Waals surface area (Å²) in [6.45, 7) is 0. The Kier molecular flexibility index (Phi) is 6.34.